The average molecular weight is 681 g/mol. The molecule has 8 aromatic carbocycles. The smallest absolute Gasteiger partial charge is 0.164 e. The van der Waals surface area contributed by atoms with Crippen LogP contribution in [0.4, 0.5) is 0 Å². The van der Waals surface area contributed by atoms with Gasteiger partial charge in [-0.2, -0.15) is 0 Å². The highest BCUT2D eigenvalue weighted by Crippen LogP contribution is 2.50. The van der Waals surface area contributed by atoms with Crippen molar-refractivity contribution in [3.63, 3.8) is 0 Å². The molecule has 3 aromatic heterocycles. The summed E-state index contributed by atoms with van der Waals surface area (Å²) in [6, 6.07) is 60.0. The molecular formula is C47H28N4S. The fourth-order valence-electron chi connectivity index (χ4n) is 7.98. The third-order valence-corrected chi connectivity index (χ3v) is 11.4. The SMILES string of the molecule is c1ccc(-c2nc(-c3ccccc3)nc(-c3cc4c5c6ccccc6c6c7ccccc7sc6c5n(-c5ccccc5)c4c4ccccc34)n2)cc1. The highest BCUT2D eigenvalue weighted by atomic mass is 32.1. The lowest BCUT2D eigenvalue weighted by Crippen LogP contribution is -2.01. The maximum absolute atomic E-state index is 5.22. The zero-order valence-corrected chi connectivity index (χ0v) is 28.7. The second-order valence-corrected chi connectivity index (χ2v) is 14.2. The summed E-state index contributed by atoms with van der Waals surface area (Å²) in [4.78, 5) is 15.4. The van der Waals surface area contributed by atoms with E-state index in [0.29, 0.717) is 17.5 Å². The van der Waals surface area contributed by atoms with E-state index in [2.05, 4.69) is 138 Å². The van der Waals surface area contributed by atoms with Crippen molar-refractivity contribution >= 4 is 74.9 Å². The van der Waals surface area contributed by atoms with Gasteiger partial charge in [0.2, 0.25) is 0 Å². The van der Waals surface area contributed by atoms with Gasteiger partial charge in [-0.1, -0.05) is 146 Å². The first-order valence-electron chi connectivity index (χ1n) is 17.5. The number of benzene rings is 8. The summed E-state index contributed by atoms with van der Waals surface area (Å²) in [5, 5.41) is 9.76. The van der Waals surface area contributed by atoms with Gasteiger partial charge in [0.15, 0.2) is 17.5 Å². The molecule has 0 saturated carbocycles. The molecule has 5 heteroatoms. The van der Waals surface area contributed by atoms with E-state index in [1.54, 1.807) is 0 Å². The number of nitrogens with zero attached hydrogens (tertiary/aromatic N) is 4. The summed E-state index contributed by atoms with van der Waals surface area (Å²) in [7, 11) is 0. The molecule has 0 N–H and O–H groups in total. The van der Waals surface area contributed by atoms with Crippen molar-refractivity contribution in [3.05, 3.63) is 170 Å². The van der Waals surface area contributed by atoms with E-state index in [1.165, 1.54) is 52.8 Å². The van der Waals surface area contributed by atoms with Crippen LogP contribution in [0.2, 0.25) is 0 Å². The number of hydrogen-bond acceptors (Lipinski definition) is 4. The normalized spacial score (nSPS) is 11.8. The van der Waals surface area contributed by atoms with E-state index in [0.717, 1.165) is 33.2 Å². The van der Waals surface area contributed by atoms with E-state index in [4.69, 9.17) is 15.0 Å². The Morgan fingerprint density at radius 3 is 1.54 bits per heavy atom. The number of fused-ring (bicyclic) bond motifs is 12. The number of para-hydroxylation sites is 1. The van der Waals surface area contributed by atoms with Gasteiger partial charge in [-0.25, -0.2) is 15.0 Å². The first-order valence-corrected chi connectivity index (χ1v) is 18.3. The third kappa shape index (κ3) is 4.30. The Kier molecular flexibility index (Phi) is 6.39. The minimum atomic E-state index is 0.651. The van der Waals surface area contributed by atoms with E-state index >= 15 is 0 Å². The zero-order valence-electron chi connectivity index (χ0n) is 27.9. The number of hydrogen-bond donors (Lipinski definition) is 0. The summed E-state index contributed by atoms with van der Waals surface area (Å²) >= 11 is 1.88. The van der Waals surface area contributed by atoms with Crippen molar-refractivity contribution in [2.75, 3.05) is 0 Å². The standard InChI is InChI=1S/C47H28N4S/c1-4-16-29(17-5-1)45-48-46(30-18-6-2-7-19-30)50-47(49-45)37-28-38-40-33-23-11-12-24-34(33)41-36-26-14-15-27-39(36)52-44(41)43(40)51(31-20-8-3-9-21-31)42(38)35-25-13-10-22-32(35)37/h1-28H. The molecule has 242 valence electrons. The lowest BCUT2D eigenvalue weighted by molar-refractivity contribution is 1.08. The van der Waals surface area contributed by atoms with Crippen molar-refractivity contribution in [2.24, 2.45) is 0 Å². The van der Waals surface area contributed by atoms with E-state index < -0.39 is 0 Å². The van der Waals surface area contributed by atoms with Gasteiger partial charge in [0.1, 0.15) is 0 Å². The topological polar surface area (TPSA) is 43.6 Å². The Morgan fingerprint density at radius 1 is 0.385 bits per heavy atom. The van der Waals surface area contributed by atoms with E-state index in [9.17, 15) is 0 Å². The minimum absolute atomic E-state index is 0.651. The highest BCUT2D eigenvalue weighted by Gasteiger charge is 2.25. The fraction of sp³-hybridized carbons (Fsp3) is 0. The van der Waals surface area contributed by atoms with Crippen molar-refractivity contribution in [2.45, 2.75) is 0 Å². The molecule has 0 spiro atoms. The molecule has 0 aliphatic rings. The van der Waals surface area contributed by atoms with Crippen LogP contribution >= 0.6 is 11.3 Å². The molecule has 0 aliphatic heterocycles. The van der Waals surface area contributed by atoms with E-state index in [1.807, 2.05) is 47.7 Å². The van der Waals surface area contributed by atoms with Crippen molar-refractivity contribution in [1.29, 1.82) is 0 Å². The predicted octanol–water partition coefficient (Wildman–Crippen LogP) is 12.6. The van der Waals surface area contributed by atoms with Gasteiger partial charge >= 0.3 is 0 Å². The molecule has 52 heavy (non-hydrogen) atoms. The van der Waals surface area contributed by atoms with Gasteiger partial charge in [0.25, 0.3) is 0 Å². The zero-order chi connectivity index (χ0) is 34.2. The summed E-state index contributed by atoms with van der Waals surface area (Å²) in [6.07, 6.45) is 0. The average Bonchev–Trinajstić information content (AvgIpc) is 3.79. The largest absolute Gasteiger partial charge is 0.307 e. The summed E-state index contributed by atoms with van der Waals surface area (Å²) in [6.45, 7) is 0. The summed E-state index contributed by atoms with van der Waals surface area (Å²) in [5.74, 6) is 1.95. The van der Waals surface area contributed by atoms with Crippen LogP contribution in [0.1, 0.15) is 0 Å². The molecule has 3 heterocycles. The van der Waals surface area contributed by atoms with Crippen LogP contribution in [0.5, 0.6) is 0 Å². The maximum Gasteiger partial charge on any atom is 0.164 e. The molecule has 11 rings (SSSR count). The van der Waals surface area contributed by atoms with Gasteiger partial charge < -0.3 is 4.57 Å². The maximum atomic E-state index is 5.22. The quantitative estimate of drug-likeness (QED) is 0.186. The van der Waals surface area contributed by atoms with Gasteiger partial charge in [-0.3, -0.25) is 0 Å². The van der Waals surface area contributed by atoms with Gasteiger partial charge in [-0.05, 0) is 40.4 Å². The van der Waals surface area contributed by atoms with Gasteiger partial charge in [-0.15, -0.1) is 11.3 Å². The fourth-order valence-corrected chi connectivity index (χ4v) is 9.24. The number of thiophene rings is 1. The lowest BCUT2D eigenvalue weighted by atomic mass is 9.96. The Balaban J connectivity index is 1.35. The molecular weight excluding hydrogens is 653 g/mol. The van der Waals surface area contributed by atoms with Crippen molar-refractivity contribution in [1.82, 2.24) is 19.5 Å². The van der Waals surface area contributed by atoms with Crippen LogP contribution in [-0.4, -0.2) is 19.5 Å². The van der Waals surface area contributed by atoms with Crippen LogP contribution in [0, 0.1) is 0 Å². The second kappa shape index (κ2) is 11.4. The van der Waals surface area contributed by atoms with Crippen molar-refractivity contribution < 1.29 is 0 Å². The molecule has 0 saturated heterocycles. The Labute approximate surface area is 302 Å². The molecule has 0 radical (unpaired) electrons. The molecule has 0 atom stereocenters. The Morgan fingerprint density at radius 2 is 0.885 bits per heavy atom. The molecule has 11 aromatic rings. The van der Waals surface area contributed by atoms with Crippen LogP contribution < -0.4 is 0 Å². The predicted molar refractivity (Wildman–Crippen MR) is 218 cm³/mol. The molecule has 0 unspecified atom stereocenters. The van der Waals surface area contributed by atoms with E-state index in [-0.39, 0.29) is 0 Å². The molecule has 0 amide bonds. The lowest BCUT2D eigenvalue weighted by Gasteiger charge is -2.13. The molecule has 0 bridgehead atoms. The van der Waals surface area contributed by atoms with Crippen LogP contribution in [0.25, 0.3) is 103 Å². The third-order valence-electron chi connectivity index (χ3n) is 10.2. The van der Waals surface area contributed by atoms with Crippen molar-refractivity contribution in [3.8, 4) is 39.9 Å². The van der Waals surface area contributed by atoms with Crippen LogP contribution in [0.15, 0.2) is 170 Å². The monoisotopic (exact) mass is 680 g/mol. The molecule has 0 fully saturated rings. The number of rotatable bonds is 4. The summed E-state index contributed by atoms with van der Waals surface area (Å²) in [5.41, 5.74) is 6.42. The molecule has 4 nitrogen and oxygen atoms in total. The summed E-state index contributed by atoms with van der Waals surface area (Å²) < 4.78 is 5.08. The Hall–Kier alpha value is -6.69. The first kappa shape index (κ1) is 29.1. The van der Waals surface area contributed by atoms with Crippen LogP contribution in [-0.2, 0) is 0 Å². The number of aromatic nitrogens is 4. The van der Waals surface area contributed by atoms with Crippen LogP contribution in [0.3, 0.4) is 0 Å². The van der Waals surface area contributed by atoms with Gasteiger partial charge in [0, 0.05) is 54.0 Å². The second-order valence-electron chi connectivity index (χ2n) is 13.1. The Bertz CT molecular complexity index is 3110. The molecule has 0 aliphatic carbocycles. The first-order chi connectivity index (χ1) is 25.8. The minimum Gasteiger partial charge on any atom is -0.307 e. The highest BCUT2D eigenvalue weighted by molar-refractivity contribution is 7.27. The van der Waals surface area contributed by atoms with Gasteiger partial charge in [0.05, 0.1) is 15.7 Å².